The van der Waals surface area contributed by atoms with E-state index in [0.717, 1.165) is 18.4 Å². The van der Waals surface area contributed by atoms with E-state index in [-0.39, 0.29) is 23.3 Å². The molecule has 1 N–H and O–H groups in total. The van der Waals surface area contributed by atoms with Crippen LogP contribution in [-0.4, -0.2) is 52.1 Å². The highest BCUT2D eigenvalue weighted by Gasteiger charge is 2.30. The minimum atomic E-state index is -3.41. The Bertz CT molecular complexity index is 792. The van der Waals surface area contributed by atoms with E-state index in [0.29, 0.717) is 38.6 Å². The van der Waals surface area contributed by atoms with E-state index in [9.17, 15) is 13.2 Å². The van der Waals surface area contributed by atoms with Crippen molar-refractivity contribution in [3.63, 3.8) is 0 Å². The van der Waals surface area contributed by atoms with Gasteiger partial charge in [-0.05, 0) is 31.2 Å². The van der Waals surface area contributed by atoms with Gasteiger partial charge in [-0.3, -0.25) is 4.79 Å². The number of nitrogens with zero attached hydrogens (tertiary/aromatic N) is 1. The Morgan fingerprint density at radius 2 is 1.96 bits per heavy atom. The van der Waals surface area contributed by atoms with Crippen LogP contribution < -0.4 is 4.72 Å². The summed E-state index contributed by atoms with van der Waals surface area (Å²) in [6.07, 6.45) is 1.72. The zero-order chi connectivity index (χ0) is 19.3. The van der Waals surface area contributed by atoms with E-state index in [1.807, 2.05) is 18.2 Å². The zero-order valence-electron chi connectivity index (χ0n) is 15.5. The summed E-state index contributed by atoms with van der Waals surface area (Å²) in [6, 6.07) is 9.09. The molecule has 2 aliphatic heterocycles. The molecule has 1 unspecified atom stereocenters. The van der Waals surface area contributed by atoms with Crippen LogP contribution in [0.25, 0.3) is 0 Å². The topological polar surface area (TPSA) is 84.9 Å². The number of amides is 1. The quantitative estimate of drug-likeness (QED) is 0.793. The molecular weight excluding hydrogens is 368 g/mol. The highest BCUT2D eigenvalue weighted by molar-refractivity contribution is 7.88. The SMILES string of the molecule is CC1=C(C(=O)N2CCCC(CNS(=O)(=O)Cc3ccccc3)C2)OCCO1. The molecule has 7 nitrogen and oxygen atoms in total. The molecule has 1 amide bonds. The van der Waals surface area contributed by atoms with Gasteiger partial charge < -0.3 is 14.4 Å². The smallest absolute Gasteiger partial charge is 0.292 e. The van der Waals surface area contributed by atoms with Crippen molar-refractivity contribution in [1.82, 2.24) is 9.62 Å². The van der Waals surface area contributed by atoms with Crippen LogP contribution >= 0.6 is 0 Å². The summed E-state index contributed by atoms with van der Waals surface area (Å²) in [5, 5.41) is 0. The maximum Gasteiger partial charge on any atom is 0.292 e. The monoisotopic (exact) mass is 394 g/mol. The number of piperidine rings is 1. The number of rotatable bonds is 6. The fraction of sp³-hybridized carbons (Fsp3) is 0.526. The summed E-state index contributed by atoms with van der Waals surface area (Å²) >= 11 is 0. The van der Waals surface area contributed by atoms with Crippen molar-refractivity contribution < 1.29 is 22.7 Å². The van der Waals surface area contributed by atoms with Crippen molar-refractivity contribution in [1.29, 1.82) is 0 Å². The minimum Gasteiger partial charge on any atom is -0.491 e. The number of carbonyl (C=O) groups excluding carboxylic acids is 1. The van der Waals surface area contributed by atoms with E-state index >= 15 is 0 Å². The molecule has 2 aliphatic rings. The number of sulfonamides is 1. The second kappa shape index (κ2) is 8.75. The van der Waals surface area contributed by atoms with Gasteiger partial charge in [-0.25, -0.2) is 13.1 Å². The molecule has 148 valence electrons. The van der Waals surface area contributed by atoms with Crippen molar-refractivity contribution in [3.05, 3.63) is 47.4 Å². The first-order valence-corrected chi connectivity index (χ1v) is 10.9. The molecule has 3 rings (SSSR count). The fourth-order valence-corrected chi connectivity index (χ4v) is 4.59. The third-order valence-electron chi connectivity index (χ3n) is 4.76. The van der Waals surface area contributed by atoms with Crippen LogP contribution in [-0.2, 0) is 30.0 Å². The number of allylic oxidation sites excluding steroid dienone is 1. The van der Waals surface area contributed by atoms with Crippen LogP contribution in [0.2, 0.25) is 0 Å². The van der Waals surface area contributed by atoms with Gasteiger partial charge in [0.25, 0.3) is 5.91 Å². The summed E-state index contributed by atoms with van der Waals surface area (Å²) in [5.41, 5.74) is 0.752. The molecule has 0 bridgehead atoms. The molecule has 27 heavy (non-hydrogen) atoms. The minimum absolute atomic E-state index is 0.0412. The van der Waals surface area contributed by atoms with E-state index in [4.69, 9.17) is 9.47 Å². The predicted octanol–water partition coefficient (Wildman–Crippen LogP) is 1.62. The van der Waals surface area contributed by atoms with Crippen LogP contribution in [0, 0.1) is 5.92 Å². The van der Waals surface area contributed by atoms with Crippen LogP contribution in [0.3, 0.4) is 0 Å². The molecule has 0 aromatic heterocycles. The molecule has 1 aromatic carbocycles. The molecule has 0 aliphatic carbocycles. The molecule has 1 atom stereocenters. The number of nitrogens with one attached hydrogen (secondary N) is 1. The number of hydrogen-bond donors (Lipinski definition) is 1. The van der Waals surface area contributed by atoms with Crippen molar-refractivity contribution in [2.75, 3.05) is 32.8 Å². The Balaban J connectivity index is 1.54. The Morgan fingerprint density at radius 3 is 2.70 bits per heavy atom. The zero-order valence-corrected chi connectivity index (χ0v) is 16.3. The van der Waals surface area contributed by atoms with Gasteiger partial charge in [-0.15, -0.1) is 0 Å². The predicted molar refractivity (Wildman–Crippen MR) is 101 cm³/mol. The lowest BCUT2D eigenvalue weighted by atomic mass is 9.98. The summed E-state index contributed by atoms with van der Waals surface area (Å²) in [4.78, 5) is 14.4. The van der Waals surface area contributed by atoms with Crippen molar-refractivity contribution in [2.24, 2.45) is 5.92 Å². The number of ether oxygens (including phenoxy) is 2. The number of hydrogen-bond acceptors (Lipinski definition) is 5. The molecule has 1 fully saturated rings. The van der Waals surface area contributed by atoms with E-state index in [1.165, 1.54) is 0 Å². The van der Waals surface area contributed by atoms with Gasteiger partial charge in [-0.1, -0.05) is 30.3 Å². The Hall–Kier alpha value is -2.06. The molecule has 8 heteroatoms. The molecule has 0 radical (unpaired) electrons. The van der Waals surface area contributed by atoms with E-state index < -0.39 is 10.0 Å². The molecular formula is C19H26N2O5S. The lowest BCUT2D eigenvalue weighted by molar-refractivity contribution is -0.134. The van der Waals surface area contributed by atoms with Gasteiger partial charge in [0, 0.05) is 19.6 Å². The van der Waals surface area contributed by atoms with Gasteiger partial charge in [0.05, 0.1) is 5.75 Å². The number of likely N-dealkylation sites (tertiary alicyclic amines) is 1. The maximum absolute atomic E-state index is 12.7. The van der Waals surface area contributed by atoms with Gasteiger partial charge in [-0.2, -0.15) is 0 Å². The summed E-state index contributed by atoms with van der Waals surface area (Å²) in [7, 11) is -3.41. The number of carbonyl (C=O) groups is 1. The average molecular weight is 394 g/mol. The summed E-state index contributed by atoms with van der Waals surface area (Å²) in [5.74, 6) is 0.645. The van der Waals surface area contributed by atoms with Gasteiger partial charge >= 0.3 is 0 Å². The largest absolute Gasteiger partial charge is 0.491 e. The van der Waals surface area contributed by atoms with Crippen LogP contribution in [0.5, 0.6) is 0 Å². The molecule has 2 heterocycles. The average Bonchev–Trinajstić information content (AvgIpc) is 2.67. The van der Waals surface area contributed by atoms with Crippen molar-refractivity contribution in [2.45, 2.75) is 25.5 Å². The van der Waals surface area contributed by atoms with E-state index in [2.05, 4.69) is 4.72 Å². The third kappa shape index (κ3) is 5.46. The summed E-state index contributed by atoms with van der Waals surface area (Å²) in [6.45, 7) is 4.03. The van der Waals surface area contributed by atoms with E-state index in [1.54, 1.807) is 24.0 Å². The Morgan fingerprint density at radius 1 is 1.22 bits per heavy atom. The summed E-state index contributed by atoms with van der Waals surface area (Å²) < 4.78 is 38.2. The molecule has 1 saturated heterocycles. The first-order chi connectivity index (χ1) is 12.9. The Labute approximate surface area is 160 Å². The lowest BCUT2D eigenvalue weighted by Gasteiger charge is -2.34. The van der Waals surface area contributed by atoms with Crippen molar-refractivity contribution >= 4 is 15.9 Å². The lowest BCUT2D eigenvalue weighted by Crippen LogP contribution is -2.45. The second-order valence-electron chi connectivity index (χ2n) is 6.93. The van der Waals surface area contributed by atoms with Crippen LogP contribution in [0.1, 0.15) is 25.3 Å². The third-order valence-corrected chi connectivity index (χ3v) is 6.08. The molecule has 1 aromatic rings. The first-order valence-electron chi connectivity index (χ1n) is 9.21. The highest BCUT2D eigenvalue weighted by Crippen LogP contribution is 2.21. The van der Waals surface area contributed by atoms with Crippen molar-refractivity contribution in [3.8, 4) is 0 Å². The van der Waals surface area contributed by atoms with Crippen LogP contribution in [0.15, 0.2) is 41.9 Å². The highest BCUT2D eigenvalue weighted by atomic mass is 32.2. The van der Waals surface area contributed by atoms with Gasteiger partial charge in [0.15, 0.2) is 0 Å². The maximum atomic E-state index is 12.7. The number of benzene rings is 1. The standard InChI is InChI=1S/C19H26N2O5S/c1-15-18(26-11-10-25-15)19(22)21-9-5-8-17(13-21)12-20-27(23,24)14-16-6-3-2-4-7-16/h2-4,6-7,17,20H,5,8-14H2,1H3. The Kier molecular flexibility index (Phi) is 6.38. The molecule has 0 spiro atoms. The molecule has 0 saturated carbocycles. The van der Waals surface area contributed by atoms with Gasteiger partial charge in [0.2, 0.25) is 15.8 Å². The van der Waals surface area contributed by atoms with Gasteiger partial charge in [0.1, 0.15) is 19.0 Å². The normalized spacial score (nSPS) is 20.8. The fourth-order valence-electron chi connectivity index (χ4n) is 3.37. The first kappa shape index (κ1) is 19.7. The second-order valence-corrected chi connectivity index (χ2v) is 8.74. The van der Waals surface area contributed by atoms with Crippen LogP contribution in [0.4, 0.5) is 0 Å².